The Morgan fingerprint density at radius 2 is 0.889 bits per heavy atom. The fraction of sp³-hybridized carbons (Fsp3) is 0. The van der Waals surface area contributed by atoms with E-state index in [1.54, 1.807) is 0 Å². The Balaban J connectivity index is -0.0000000133. The van der Waals surface area contributed by atoms with E-state index in [4.69, 9.17) is 0 Å². The minimum absolute atomic E-state index is 0. The molecule has 0 bridgehead atoms. The number of hydrogen-bond donors (Lipinski definition) is 0. The van der Waals surface area contributed by atoms with E-state index in [1.807, 2.05) is 0 Å². The first-order chi connectivity index (χ1) is 2.00. The van der Waals surface area contributed by atoms with Crippen molar-refractivity contribution in [2.45, 2.75) is 0 Å². The van der Waals surface area contributed by atoms with Gasteiger partial charge in [0, 0.05) is 0 Å². The molecule has 0 fully saturated rings. The van der Waals surface area contributed by atoms with Gasteiger partial charge in [0.2, 0.25) is 0 Å². The summed E-state index contributed by atoms with van der Waals surface area (Å²) >= 11 is 13.8. The van der Waals surface area contributed by atoms with Gasteiger partial charge in [-0.05, 0) is 33.7 Å². The van der Waals surface area contributed by atoms with E-state index < -0.39 is 5.20 Å². The van der Waals surface area contributed by atoms with Crippen molar-refractivity contribution in [2.75, 3.05) is 0 Å². The Morgan fingerprint density at radius 1 is 0.889 bits per heavy atom. The molecule has 0 aliphatic carbocycles. The molecule has 9 heavy (non-hydrogen) atoms. The Bertz CT molecular complexity index is 59.2. The molecule has 0 saturated carbocycles. The Hall–Kier alpha value is 2.50. The maximum Gasteiger partial charge on any atom is 3.00 e. The first-order valence-electron chi connectivity index (χ1n) is 0.690. The molecule has 0 aliphatic heterocycles. The van der Waals surface area contributed by atoms with E-state index in [2.05, 4.69) is 33.7 Å². The summed E-state index contributed by atoms with van der Waals surface area (Å²) in [7, 11) is 0. The summed E-state index contributed by atoms with van der Waals surface area (Å²) in [4.78, 5) is 0. The first-order valence-corrected chi connectivity index (χ1v) is 5.11. The summed E-state index contributed by atoms with van der Waals surface area (Å²) in [5, 5.41) is -3.22. The van der Waals surface area contributed by atoms with Gasteiger partial charge in [-0.2, -0.15) is 0 Å². The van der Waals surface area contributed by atoms with E-state index in [0.717, 1.165) is 0 Å². The molecule has 0 radical (unpaired) electrons. The Labute approximate surface area is 97.3 Å². The van der Waals surface area contributed by atoms with Crippen molar-refractivity contribution in [1.82, 2.24) is 0 Å². The van der Waals surface area contributed by atoms with E-state index in [0.29, 0.717) is 0 Å². The van der Waals surface area contributed by atoms with Crippen LogP contribution in [-0.2, 0) is 4.57 Å². The molecule has 0 aromatic heterocycles. The second-order valence-electron chi connectivity index (χ2n) is 0.399. The van der Waals surface area contributed by atoms with Gasteiger partial charge in [0.05, 0.1) is 0 Å². The summed E-state index contributed by atoms with van der Waals surface area (Å²) in [5.41, 5.74) is 0. The van der Waals surface area contributed by atoms with E-state index in [1.165, 1.54) is 0 Å². The fourth-order valence-electron chi connectivity index (χ4n) is 0. The largest absolute Gasteiger partial charge is 3.00 e. The predicted molar refractivity (Wildman–Crippen MR) is 30.9 cm³/mol. The smallest absolute Gasteiger partial charge is 1.00 e. The maximum absolute atomic E-state index is 9.51. The van der Waals surface area contributed by atoms with Crippen molar-refractivity contribution in [3.63, 3.8) is 0 Å². The van der Waals surface area contributed by atoms with Gasteiger partial charge in [-0.25, -0.2) is 0 Å². The van der Waals surface area contributed by atoms with Gasteiger partial charge in [0.15, 0.2) is 0 Å². The number of rotatable bonds is 0. The standard InChI is InChI=1S/Al.Cl3OP.3ClH/c;1-5(2,3)4;;;/h;;3*1H/q+3;;;;/p-3. The van der Waals surface area contributed by atoms with Crippen LogP contribution in [0.25, 0.3) is 0 Å². The van der Waals surface area contributed by atoms with Crippen LogP contribution >= 0.6 is 38.9 Å². The van der Waals surface area contributed by atoms with Crippen LogP contribution in [0.2, 0.25) is 0 Å². The van der Waals surface area contributed by atoms with Crippen LogP contribution in [-0.4, -0.2) is 17.4 Å². The zero-order valence-corrected chi connectivity index (χ0v) is 10.3. The van der Waals surface area contributed by atoms with Crippen molar-refractivity contribution < 1.29 is 41.8 Å². The van der Waals surface area contributed by atoms with E-state index in [-0.39, 0.29) is 54.6 Å². The molecule has 56 valence electrons. The monoisotopic (exact) mass is 284 g/mol. The topological polar surface area (TPSA) is 17.1 Å². The third kappa shape index (κ3) is 121. The average molecular weight is 287 g/mol. The summed E-state index contributed by atoms with van der Waals surface area (Å²) in [6.45, 7) is 0. The molecule has 9 heteroatoms. The second kappa shape index (κ2) is 13.1. The van der Waals surface area contributed by atoms with Crippen molar-refractivity contribution in [2.24, 2.45) is 0 Å². The van der Waals surface area contributed by atoms with Gasteiger partial charge in [-0.3, -0.25) is 4.57 Å². The maximum atomic E-state index is 9.51. The molecule has 0 aliphatic rings. The molecular weight excluding hydrogens is 287 g/mol. The molecule has 0 aromatic carbocycles. The van der Waals surface area contributed by atoms with Crippen LogP contribution in [0.4, 0.5) is 0 Å². The first kappa shape index (κ1) is 30.0. The fourth-order valence-corrected chi connectivity index (χ4v) is 0. The van der Waals surface area contributed by atoms with Crippen LogP contribution in [0.3, 0.4) is 0 Å². The van der Waals surface area contributed by atoms with Gasteiger partial charge in [-0.1, -0.05) is 0 Å². The van der Waals surface area contributed by atoms with Crippen LogP contribution in [0.15, 0.2) is 0 Å². The molecular formula is AlCl6OP. The normalized spacial score (nSPS) is 6.56. The summed E-state index contributed by atoms with van der Waals surface area (Å²) in [6.07, 6.45) is 0. The minimum atomic E-state index is -3.22. The minimum Gasteiger partial charge on any atom is -1.00 e. The van der Waals surface area contributed by atoms with Gasteiger partial charge >= 0.3 is 22.6 Å². The average Bonchev–Trinajstić information content (AvgIpc) is 0.722. The molecule has 0 saturated heterocycles. The van der Waals surface area contributed by atoms with Crippen LogP contribution in [0.5, 0.6) is 0 Å². The van der Waals surface area contributed by atoms with Gasteiger partial charge in [0.25, 0.3) is 0 Å². The molecule has 0 N–H and O–H groups in total. The Kier molecular flexibility index (Phi) is 43.7. The van der Waals surface area contributed by atoms with Crippen molar-refractivity contribution in [3.05, 3.63) is 0 Å². The van der Waals surface area contributed by atoms with Crippen LogP contribution < -0.4 is 37.2 Å². The predicted octanol–water partition coefficient (Wildman–Crippen LogP) is -6.56. The summed E-state index contributed by atoms with van der Waals surface area (Å²) < 4.78 is 9.51. The Morgan fingerprint density at radius 3 is 0.889 bits per heavy atom. The molecule has 0 atom stereocenters. The van der Waals surface area contributed by atoms with Crippen molar-refractivity contribution in [1.29, 1.82) is 0 Å². The zero-order valence-electron chi connectivity index (χ0n) is 3.70. The summed E-state index contributed by atoms with van der Waals surface area (Å²) in [5.74, 6) is 0. The molecule has 1 nitrogen and oxygen atoms in total. The van der Waals surface area contributed by atoms with Gasteiger partial charge in [-0.15, -0.1) is 0 Å². The molecule has 0 unspecified atom stereocenters. The number of halogens is 6. The third-order valence-electron chi connectivity index (χ3n) is 0. The van der Waals surface area contributed by atoms with E-state index in [9.17, 15) is 4.57 Å². The van der Waals surface area contributed by atoms with E-state index >= 15 is 0 Å². The van der Waals surface area contributed by atoms with Gasteiger partial charge in [0.1, 0.15) is 0 Å². The van der Waals surface area contributed by atoms with Crippen LogP contribution in [0.1, 0.15) is 0 Å². The molecule has 0 amide bonds. The van der Waals surface area contributed by atoms with Crippen LogP contribution in [0, 0.1) is 0 Å². The molecule has 0 rings (SSSR count). The third-order valence-corrected chi connectivity index (χ3v) is 0. The second-order valence-corrected chi connectivity index (χ2v) is 7.04. The molecule has 0 heterocycles. The summed E-state index contributed by atoms with van der Waals surface area (Å²) in [6, 6.07) is 0. The van der Waals surface area contributed by atoms with Crippen molar-refractivity contribution in [3.8, 4) is 0 Å². The zero-order chi connectivity index (χ0) is 4.50. The van der Waals surface area contributed by atoms with Crippen molar-refractivity contribution >= 4 is 56.3 Å². The van der Waals surface area contributed by atoms with Gasteiger partial charge < -0.3 is 37.2 Å². The molecule has 0 spiro atoms. The molecule has 0 aromatic rings. The SMILES string of the molecule is O=P(Cl)(Cl)Cl.[Al+3].[Cl-].[Cl-].[Cl-]. The number of hydrogen-bond acceptors (Lipinski definition) is 1. The quantitative estimate of drug-likeness (QED) is 0.320.